The van der Waals surface area contributed by atoms with Crippen molar-refractivity contribution in [3.05, 3.63) is 70.9 Å². The number of ether oxygens (including phenoxy) is 1. The van der Waals surface area contributed by atoms with E-state index in [9.17, 15) is 19.2 Å². The molecular weight excluding hydrogens is 434 g/mol. The minimum atomic E-state index is -0.843. The number of fused-ring (bicyclic) bond motifs is 1. The smallest absolute Gasteiger partial charge is 0.335 e. The molecule has 0 unspecified atom stereocenters. The minimum Gasteiger partial charge on any atom is -0.465 e. The monoisotopic (exact) mass is 451 g/mol. The molecule has 8 nitrogen and oxygen atoms in total. The highest BCUT2D eigenvalue weighted by atomic mass is 35.5. The van der Waals surface area contributed by atoms with Crippen molar-refractivity contribution in [3.8, 4) is 0 Å². The minimum absolute atomic E-state index is 0.0208. The van der Waals surface area contributed by atoms with Crippen LogP contribution in [0.2, 0.25) is 5.02 Å². The molecule has 4 rings (SSSR count). The quantitative estimate of drug-likeness (QED) is 0.363. The second kappa shape index (κ2) is 8.68. The zero-order valence-corrected chi connectivity index (χ0v) is 17.8. The van der Waals surface area contributed by atoms with Crippen molar-refractivity contribution in [1.29, 1.82) is 0 Å². The number of halogens is 1. The maximum absolute atomic E-state index is 13.1. The van der Waals surface area contributed by atoms with E-state index in [1.54, 1.807) is 29.8 Å². The summed E-state index contributed by atoms with van der Waals surface area (Å²) < 4.78 is 6.71. The highest BCUT2D eigenvalue weighted by molar-refractivity contribution is 6.39. The average Bonchev–Trinajstić information content (AvgIpc) is 3.10. The molecule has 162 valence electrons. The van der Waals surface area contributed by atoms with E-state index in [-0.39, 0.29) is 24.4 Å². The molecule has 1 saturated heterocycles. The van der Waals surface area contributed by atoms with Crippen molar-refractivity contribution in [2.45, 2.75) is 13.5 Å². The molecule has 1 aliphatic rings. The third-order valence-electron chi connectivity index (χ3n) is 4.91. The van der Waals surface area contributed by atoms with Gasteiger partial charge in [0.05, 0.1) is 12.3 Å². The summed E-state index contributed by atoms with van der Waals surface area (Å²) >= 11 is 5.89. The maximum atomic E-state index is 13.1. The van der Waals surface area contributed by atoms with Gasteiger partial charge in [0.15, 0.2) is 0 Å². The Morgan fingerprint density at radius 3 is 2.53 bits per heavy atom. The van der Waals surface area contributed by atoms with Gasteiger partial charge in [0.25, 0.3) is 11.8 Å². The predicted octanol–water partition coefficient (Wildman–Crippen LogP) is 3.52. The highest BCUT2D eigenvalue weighted by Gasteiger charge is 2.37. The van der Waals surface area contributed by atoms with Crippen LogP contribution in [0.5, 0.6) is 0 Å². The Kier molecular flexibility index (Phi) is 5.79. The van der Waals surface area contributed by atoms with Gasteiger partial charge in [0, 0.05) is 27.7 Å². The number of urea groups is 1. The normalized spacial score (nSPS) is 15.4. The van der Waals surface area contributed by atoms with Crippen LogP contribution >= 0.6 is 11.6 Å². The van der Waals surface area contributed by atoms with E-state index in [1.807, 2.05) is 24.3 Å². The van der Waals surface area contributed by atoms with Crippen LogP contribution in [-0.2, 0) is 25.7 Å². The van der Waals surface area contributed by atoms with E-state index in [4.69, 9.17) is 16.3 Å². The Balaban J connectivity index is 1.76. The number of nitrogens with zero attached hydrogens (tertiary/aromatic N) is 2. The van der Waals surface area contributed by atoms with E-state index in [2.05, 4.69) is 5.32 Å². The molecule has 0 saturated carbocycles. The topological polar surface area (TPSA) is 97.7 Å². The van der Waals surface area contributed by atoms with Gasteiger partial charge >= 0.3 is 12.0 Å². The van der Waals surface area contributed by atoms with Crippen LogP contribution in [0.1, 0.15) is 12.5 Å². The molecule has 0 aliphatic carbocycles. The number of para-hydroxylation sites is 1. The lowest BCUT2D eigenvalue weighted by Gasteiger charge is -2.26. The second-order valence-electron chi connectivity index (χ2n) is 6.97. The SMILES string of the molecule is CCOC(=O)Cn1cc(C=C2C(=O)NC(=O)N(c3ccc(Cl)cc3)C2=O)c2ccccc21. The van der Waals surface area contributed by atoms with Gasteiger partial charge in [0.2, 0.25) is 0 Å². The molecule has 2 aromatic carbocycles. The lowest BCUT2D eigenvalue weighted by Crippen LogP contribution is -2.54. The summed E-state index contributed by atoms with van der Waals surface area (Å²) in [5.41, 5.74) is 1.36. The van der Waals surface area contributed by atoms with E-state index in [1.165, 1.54) is 18.2 Å². The summed E-state index contributed by atoms with van der Waals surface area (Å²) in [4.78, 5) is 50.8. The molecule has 9 heteroatoms. The van der Waals surface area contributed by atoms with Crippen molar-refractivity contribution in [3.63, 3.8) is 0 Å². The van der Waals surface area contributed by atoms with E-state index >= 15 is 0 Å². The number of esters is 1. The third-order valence-corrected chi connectivity index (χ3v) is 5.16. The fourth-order valence-corrected chi connectivity index (χ4v) is 3.63. The first kappa shape index (κ1) is 21.3. The van der Waals surface area contributed by atoms with Crippen molar-refractivity contribution in [2.24, 2.45) is 0 Å². The number of benzene rings is 2. The molecule has 1 aromatic heterocycles. The molecule has 3 aromatic rings. The van der Waals surface area contributed by atoms with Gasteiger partial charge in [-0.25, -0.2) is 9.69 Å². The predicted molar refractivity (Wildman–Crippen MR) is 119 cm³/mol. The van der Waals surface area contributed by atoms with Gasteiger partial charge in [-0.3, -0.25) is 19.7 Å². The summed E-state index contributed by atoms with van der Waals surface area (Å²) in [6.45, 7) is 1.97. The van der Waals surface area contributed by atoms with Gasteiger partial charge < -0.3 is 9.30 Å². The van der Waals surface area contributed by atoms with Crippen LogP contribution < -0.4 is 10.2 Å². The number of rotatable bonds is 5. The van der Waals surface area contributed by atoms with Crippen LogP contribution in [0.25, 0.3) is 17.0 Å². The number of carbonyl (C=O) groups is 4. The van der Waals surface area contributed by atoms with Gasteiger partial charge in [-0.1, -0.05) is 29.8 Å². The molecule has 1 aliphatic heterocycles. The van der Waals surface area contributed by atoms with Gasteiger partial charge in [-0.05, 0) is 43.3 Å². The Labute approximate surface area is 188 Å². The number of barbiturate groups is 1. The van der Waals surface area contributed by atoms with Gasteiger partial charge in [0.1, 0.15) is 12.1 Å². The first-order chi connectivity index (χ1) is 15.4. The van der Waals surface area contributed by atoms with E-state index in [0.717, 1.165) is 15.8 Å². The van der Waals surface area contributed by atoms with Crippen LogP contribution in [0.4, 0.5) is 10.5 Å². The number of nitrogens with one attached hydrogen (secondary N) is 1. The highest BCUT2D eigenvalue weighted by Crippen LogP contribution is 2.27. The number of anilines is 1. The molecule has 32 heavy (non-hydrogen) atoms. The summed E-state index contributed by atoms with van der Waals surface area (Å²) in [5.74, 6) is -1.96. The summed E-state index contributed by atoms with van der Waals surface area (Å²) in [6.07, 6.45) is 3.08. The zero-order chi connectivity index (χ0) is 22.8. The summed E-state index contributed by atoms with van der Waals surface area (Å²) in [7, 11) is 0. The number of hydrogen-bond acceptors (Lipinski definition) is 5. The number of aromatic nitrogens is 1. The molecule has 0 atom stereocenters. The molecule has 4 amide bonds. The molecule has 1 N–H and O–H groups in total. The Morgan fingerprint density at radius 1 is 1.09 bits per heavy atom. The molecule has 0 bridgehead atoms. The van der Waals surface area contributed by atoms with Gasteiger partial charge in [-0.15, -0.1) is 0 Å². The summed E-state index contributed by atoms with van der Waals surface area (Å²) in [5, 5.41) is 3.37. The van der Waals surface area contributed by atoms with E-state index in [0.29, 0.717) is 10.6 Å². The van der Waals surface area contributed by atoms with Crippen molar-refractivity contribution < 1.29 is 23.9 Å². The number of imide groups is 2. The number of hydrogen-bond donors (Lipinski definition) is 1. The zero-order valence-electron chi connectivity index (χ0n) is 17.0. The van der Waals surface area contributed by atoms with Crippen molar-refractivity contribution in [2.75, 3.05) is 11.5 Å². The van der Waals surface area contributed by atoms with Crippen LogP contribution in [-0.4, -0.2) is 35.0 Å². The second-order valence-corrected chi connectivity index (χ2v) is 7.41. The third kappa shape index (κ3) is 4.00. The number of carbonyl (C=O) groups excluding carboxylic acids is 4. The Hall–Kier alpha value is -3.91. The molecule has 0 radical (unpaired) electrons. The van der Waals surface area contributed by atoms with E-state index < -0.39 is 23.8 Å². The summed E-state index contributed by atoms with van der Waals surface area (Å²) in [6, 6.07) is 12.5. The van der Waals surface area contributed by atoms with Crippen molar-refractivity contribution >= 4 is 58.1 Å². The lowest BCUT2D eigenvalue weighted by molar-refractivity contribution is -0.143. The fraction of sp³-hybridized carbons (Fsp3) is 0.130. The molecule has 0 spiro atoms. The van der Waals surface area contributed by atoms with Crippen LogP contribution in [0, 0.1) is 0 Å². The molecular formula is C23H18ClN3O5. The van der Waals surface area contributed by atoms with Gasteiger partial charge in [-0.2, -0.15) is 0 Å². The maximum Gasteiger partial charge on any atom is 0.335 e. The lowest BCUT2D eigenvalue weighted by atomic mass is 10.1. The molecule has 1 fully saturated rings. The largest absolute Gasteiger partial charge is 0.465 e. The Morgan fingerprint density at radius 2 is 1.81 bits per heavy atom. The number of amides is 4. The average molecular weight is 452 g/mol. The first-order valence-corrected chi connectivity index (χ1v) is 10.2. The van der Waals surface area contributed by atoms with Crippen molar-refractivity contribution in [1.82, 2.24) is 9.88 Å². The van der Waals surface area contributed by atoms with Crippen LogP contribution in [0.15, 0.2) is 60.3 Å². The van der Waals surface area contributed by atoms with Crippen LogP contribution in [0.3, 0.4) is 0 Å². The first-order valence-electron chi connectivity index (χ1n) is 9.79. The molecule has 2 heterocycles. The fourth-order valence-electron chi connectivity index (χ4n) is 3.50. The Bertz CT molecular complexity index is 1280. The standard InChI is InChI=1S/C23H18ClN3O5/c1-2-32-20(28)13-26-12-14(17-5-3-4-6-19(17)26)11-18-21(29)25-23(31)27(22(18)30)16-9-7-15(24)8-10-16/h3-12H,2,13H2,1H3,(H,25,29,31).